The number of hydrogen-bond donors (Lipinski definition) is 1. The van der Waals surface area contributed by atoms with E-state index in [1.807, 2.05) is 20.8 Å². The number of nitrogens with two attached hydrogens (primary N) is 1. The molecule has 10 nitrogen and oxygen atoms in total. The lowest BCUT2D eigenvalue weighted by Crippen LogP contribution is -2.64. The lowest BCUT2D eigenvalue weighted by atomic mass is 10.1. The van der Waals surface area contributed by atoms with E-state index < -0.39 is 30.4 Å². The average Bonchev–Trinajstić information content (AvgIpc) is 3.10. The number of amidine groups is 1. The van der Waals surface area contributed by atoms with Crippen LogP contribution in [0, 0.1) is 20.8 Å². The molecule has 0 saturated carbocycles. The zero-order valence-corrected chi connectivity index (χ0v) is 15.8. The predicted molar refractivity (Wildman–Crippen MR) is 97.5 cm³/mol. The fourth-order valence-corrected chi connectivity index (χ4v) is 3.22. The van der Waals surface area contributed by atoms with Crippen molar-refractivity contribution >= 4 is 29.6 Å². The van der Waals surface area contributed by atoms with Gasteiger partial charge in [0.05, 0.1) is 12.2 Å². The minimum atomic E-state index is -0.857. The van der Waals surface area contributed by atoms with Crippen molar-refractivity contribution < 1.29 is 19.0 Å². The number of amides is 4. The van der Waals surface area contributed by atoms with E-state index in [0.29, 0.717) is 12.5 Å². The topological polar surface area (TPSA) is 117 Å². The van der Waals surface area contributed by atoms with Crippen LogP contribution in [-0.4, -0.2) is 80.0 Å². The highest BCUT2D eigenvalue weighted by molar-refractivity contribution is 6.23. The first-order chi connectivity index (χ1) is 12.7. The number of urea groups is 1. The van der Waals surface area contributed by atoms with Gasteiger partial charge in [0.1, 0.15) is 12.2 Å². The van der Waals surface area contributed by atoms with Gasteiger partial charge in [-0.1, -0.05) is 17.6 Å². The zero-order valence-electron chi connectivity index (χ0n) is 15.8. The van der Waals surface area contributed by atoms with Crippen molar-refractivity contribution in [2.75, 3.05) is 20.1 Å². The Morgan fingerprint density at radius 2 is 2.00 bits per heavy atom. The highest BCUT2D eigenvalue weighted by atomic mass is 16.2. The summed E-state index contributed by atoms with van der Waals surface area (Å²) in [5.41, 5.74) is 7.95. The molecule has 27 heavy (non-hydrogen) atoms. The first-order valence-corrected chi connectivity index (χ1v) is 8.42. The lowest BCUT2D eigenvalue weighted by Gasteiger charge is -2.33. The van der Waals surface area contributed by atoms with E-state index in [-0.39, 0.29) is 5.84 Å². The van der Waals surface area contributed by atoms with E-state index in [1.54, 1.807) is 15.3 Å². The molecule has 142 valence electrons. The van der Waals surface area contributed by atoms with Gasteiger partial charge in [-0.2, -0.15) is 0 Å². The molecule has 0 aliphatic carbocycles. The summed E-state index contributed by atoms with van der Waals surface area (Å²) in [5.74, 6) is -0.604. The van der Waals surface area contributed by atoms with Crippen molar-refractivity contribution in [2.24, 2.45) is 10.7 Å². The molecule has 0 radical (unpaired) electrons. The van der Waals surface area contributed by atoms with Crippen LogP contribution in [0.15, 0.2) is 17.6 Å². The molecule has 10 heteroatoms. The molecule has 0 spiro atoms. The molecule has 2 aliphatic heterocycles. The molecule has 0 aromatic carbocycles. The molecule has 0 bridgehead atoms. The Morgan fingerprint density at radius 3 is 2.52 bits per heavy atom. The molecule has 1 aromatic heterocycles. The number of rotatable bonds is 4. The molecule has 1 saturated heterocycles. The number of aliphatic imine (C=N–C) groups is 1. The van der Waals surface area contributed by atoms with Crippen LogP contribution in [0.2, 0.25) is 0 Å². The minimum absolute atomic E-state index is 0.285. The fraction of sp³-hybridized carbons (Fsp3) is 0.412. The van der Waals surface area contributed by atoms with Gasteiger partial charge < -0.3 is 5.73 Å². The third-order valence-electron chi connectivity index (χ3n) is 4.87. The highest BCUT2D eigenvalue weighted by Crippen LogP contribution is 2.22. The summed E-state index contributed by atoms with van der Waals surface area (Å²) in [5, 5.41) is 4.51. The molecule has 2 aliphatic rings. The van der Waals surface area contributed by atoms with Crippen LogP contribution in [0.25, 0.3) is 0 Å². The summed E-state index contributed by atoms with van der Waals surface area (Å²) < 4.78 is 3.37. The molecule has 1 unspecified atom stereocenters. The van der Waals surface area contributed by atoms with Gasteiger partial charge in [0, 0.05) is 12.6 Å². The number of carbonyl (C=O) groups excluding carboxylic acids is 3. The molecule has 1 atom stereocenters. The lowest BCUT2D eigenvalue weighted by molar-refractivity contribution is -0.527. The maximum atomic E-state index is 13.0. The van der Waals surface area contributed by atoms with Gasteiger partial charge in [-0.3, -0.25) is 19.4 Å². The van der Waals surface area contributed by atoms with Crippen molar-refractivity contribution in [1.82, 2.24) is 19.6 Å². The second-order valence-electron chi connectivity index (χ2n) is 6.55. The zero-order chi connectivity index (χ0) is 20.0. The monoisotopic (exact) mass is 372 g/mol. The summed E-state index contributed by atoms with van der Waals surface area (Å²) >= 11 is 0. The van der Waals surface area contributed by atoms with Gasteiger partial charge in [0.25, 0.3) is 5.91 Å². The molecular formula is C17H22N7O3+. The van der Waals surface area contributed by atoms with E-state index >= 15 is 0 Å². The number of likely N-dealkylation sites (N-methyl/N-ethyl adjacent to an activating group) is 1. The number of aryl methyl sites for hydroxylation is 1. The number of imide groups is 1. The summed E-state index contributed by atoms with van der Waals surface area (Å²) in [7, 11) is 1.51. The van der Waals surface area contributed by atoms with E-state index in [9.17, 15) is 14.4 Å². The maximum Gasteiger partial charge on any atom is 0.421 e. The normalized spacial score (nSPS) is 19.6. The van der Waals surface area contributed by atoms with Crippen LogP contribution in [0.4, 0.5) is 4.79 Å². The second-order valence-corrected chi connectivity index (χ2v) is 6.55. The summed E-state index contributed by atoms with van der Waals surface area (Å²) in [6.45, 7) is 9.33. The number of carbonyl (C=O) groups is 3. The Labute approximate surface area is 156 Å². The van der Waals surface area contributed by atoms with Crippen molar-refractivity contribution in [2.45, 2.75) is 26.8 Å². The predicted octanol–water partition coefficient (Wildman–Crippen LogP) is -0.629. The van der Waals surface area contributed by atoms with Crippen LogP contribution in [0.5, 0.6) is 0 Å². The highest BCUT2D eigenvalue weighted by Gasteiger charge is 2.53. The summed E-state index contributed by atoms with van der Waals surface area (Å²) in [4.78, 5) is 43.5. The summed E-state index contributed by atoms with van der Waals surface area (Å²) in [6, 6.07) is -1.50. The largest absolute Gasteiger partial charge is 0.421 e. The molecule has 3 heterocycles. The quantitative estimate of drug-likeness (QED) is 0.559. The van der Waals surface area contributed by atoms with Gasteiger partial charge in [-0.25, -0.2) is 9.37 Å². The van der Waals surface area contributed by atoms with Crippen molar-refractivity contribution in [3.63, 3.8) is 0 Å². The molecule has 2 N–H and O–H groups in total. The number of nitrogens with zero attached hydrogens (tertiary/aromatic N) is 6. The van der Waals surface area contributed by atoms with E-state index in [1.165, 1.54) is 11.9 Å². The van der Waals surface area contributed by atoms with Crippen molar-refractivity contribution in [3.05, 3.63) is 29.6 Å². The van der Waals surface area contributed by atoms with Gasteiger partial charge >= 0.3 is 12.0 Å². The minimum Gasteiger partial charge on any atom is -0.368 e. The summed E-state index contributed by atoms with van der Waals surface area (Å²) in [6.07, 6.45) is 1.64. The molecule has 4 amide bonds. The van der Waals surface area contributed by atoms with Gasteiger partial charge in [0.15, 0.2) is 0 Å². The van der Waals surface area contributed by atoms with Gasteiger partial charge in [-0.15, -0.1) is 9.78 Å². The Hall–Kier alpha value is -3.30. The number of aromatic nitrogens is 2. The first-order valence-electron chi connectivity index (χ1n) is 8.42. The molecular weight excluding hydrogens is 350 g/mol. The standard InChI is InChI=1S/C17H21N7O3/c1-6-7-22-13-14(19-16(22)24-11(4)9(2)10(3)20-24)21(5)17(27)23(15(13)26)8-12(18)25/h6,13H,1,7-8H2,2-5H3,(H-,18,25)/p+1. The Morgan fingerprint density at radius 1 is 1.33 bits per heavy atom. The Balaban J connectivity index is 2.17. The van der Waals surface area contributed by atoms with Crippen LogP contribution in [0.1, 0.15) is 17.0 Å². The van der Waals surface area contributed by atoms with Crippen LogP contribution >= 0.6 is 0 Å². The fourth-order valence-electron chi connectivity index (χ4n) is 3.22. The van der Waals surface area contributed by atoms with E-state index in [2.05, 4.69) is 16.7 Å². The number of hydrogen-bond acceptors (Lipinski definition) is 5. The van der Waals surface area contributed by atoms with Crippen molar-refractivity contribution in [1.29, 1.82) is 0 Å². The first kappa shape index (κ1) is 18.5. The maximum absolute atomic E-state index is 13.0. The second kappa shape index (κ2) is 6.45. The van der Waals surface area contributed by atoms with Gasteiger partial charge in [0.2, 0.25) is 17.8 Å². The van der Waals surface area contributed by atoms with Crippen LogP contribution in [0.3, 0.4) is 0 Å². The van der Waals surface area contributed by atoms with Crippen LogP contribution in [-0.2, 0) is 9.59 Å². The molecule has 3 rings (SSSR count). The molecule has 1 aromatic rings. The number of primary amides is 1. The smallest absolute Gasteiger partial charge is 0.368 e. The Kier molecular flexibility index (Phi) is 4.42. The Bertz CT molecular complexity index is 941. The molecule has 1 fully saturated rings. The SMILES string of the molecule is C=CC[N+]1=C(n2nc(C)c(C)c2C)N=C2C1C(=O)N(CC(N)=O)C(=O)N2C. The van der Waals surface area contributed by atoms with Crippen molar-refractivity contribution in [3.8, 4) is 0 Å². The number of fused-ring (bicyclic) bond motifs is 1. The average molecular weight is 372 g/mol. The van der Waals surface area contributed by atoms with Crippen LogP contribution < -0.4 is 5.73 Å². The van der Waals surface area contributed by atoms with Gasteiger partial charge in [-0.05, 0) is 20.8 Å². The van der Waals surface area contributed by atoms with E-state index in [4.69, 9.17) is 5.73 Å². The third kappa shape index (κ3) is 2.73. The third-order valence-corrected chi connectivity index (χ3v) is 4.87. The van der Waals surface area contributed by atoms with E-state index in [0.717, 1.165) is 21.9 Å².